The second kappa shape index (κ2) is 6.25. The van der Waals surface area contributed by atoms with E-state index < -0.39 is 11.7 Å². The summed E-state index contributed by atoms with van der Waals surface area (Å²) >= 11 is 0. The monoisotopic (exact) mass is 290 g/mol. The van der Waals surface area contributed by atoms with Gasteiger partial charge in [-0.25, -0.2) is 4.39 Å². The summed E-state index contributed by atoms with van der Waals surface area (Å²) in [6.45, 7) is 5.72. The SMILES string of the molecule is CCOc1nc(C)c(NC(=O)c2ccncc2F)c(C)n1. The lowest BCUT2D eigenvalue weighted by atomic mass is 10.2. The third-order valence-electron chi connectivity index (χ3n) is 2.78. The van der Waals surface area contributed by atoms with Crippen LogP contribution in [-0.2, 0) is 0 Å². The van der Waals surface area contributed by atoms with Crippen LogP contribution < -0.4 is 10.1 Å². The Bertz CT molecular complexity index is 653. The molecule has 0 spiro atoms. The molecular formula is C14H15FN4O2. The molecule has 2 aromatic heterocycles. The largest absolute Gasteiger partial charge is 0.464 e. The Morgan fingerprint density at radius 2 is 2.00 bits per heavy atom. The number of ether oxygens (including phenoxy) is 1. The Kier molecular flexibility index (Phi) is 4.42. The lowest BCUT2D eigenvalue weighted by molar-refractivity contribution is 0.102. The zero-order valence-corrected chi connectivity index (χ0v) is 12.0. The molecule has 0 saturated carbocycles. The van der Waals surface area contributed by atoms with E-state index in [0.717, 1.165) is 6.20 Å². The summed E-state index contributed by atoms with van der Waals surface area (Å²) < 4.78 is 18.8. The van der Waals surface area contributed by atoms with E-state index in [1.807, 2.05) is 6.92 Å². The molecular weight excluding hydrogens is 275 g/mol. The van der Waals surface area contributed by atoms with Gasteiger partial charge in [0.2, 0.25) is 0 Å². The quantitative estimate of drug-likeness (QED) is 0.934. The summed E-state index contributed by atoms with van der Waals surface area (Å²) in [4.78, 5) is 24.0. The number of aromatic nitrogens is 3. The summed E-state index contributed by atoms with van der Waals surface area (Å²) in [6.07, 6.45) is 2.34. The van der Waals surface area contributed by atoms with Crippen molar-refractivity contribution in [1.82, 2.24) is 15.0 Å². The Morgan fingerprint density at radius 1 is 1.33 bits per heavy atom. The number of hydrogen-bond donors (Lipinski definition) is 1. The molecule has 1 N–H and O–H groups in total. The van der Waals surface area contributed by atoms with Gasteiger partial charge in [0.25, 0.3) is 5.91 Å². The lowest BCUT2D eigenvalue weighted by Crippen LogP contribution is -2.17. The molecule has 6 nitrogen and oxygen atoms in total. The number of anilines is 1. The first-order valence-corrected chi connectivity index (χ1v) is 6.41. The van der Waals surface area contributed by atoms with E-state index in [-0.39, 0.29) is 11.6 Å². The van der Waals surface area contributed by atoms with Gasteiger partial charge in [-0.05, 0) is 26.8 Å². The van der Waals surface area contributed by atoms with E-state index in [1.165, 1.54) is 12.3 Å². The molecule has 0 aliphatic carbocycles. The molecule has 0 aliphatic heterocycles. The molecule has 0 fully saturated rings. The maximum Gasteiger partial charge on any atom is 0.316 e. The third kappa shape index (κ3) is 3.31. The van der Waals surface area contributed by atoms with Crippen LogP contribution in [0.3, 0.4) is 0 Å². The molecule has 2 heterocycles. The number of aryl methyl sites for hydroxylation is 2. The predicted molar refractivity (Wildman–Crippen MR) is 74.8 cm³/mol. The summed E-state index contributed by atoms with van der Waals surface area (Å²) in [5, 5.41) is 2.62. The Labute approximate surface area is 121 Å². The smallest absolute Gasteiger partial charge is 0.316 e. The van der Waals surface area contributed by atoms with Gasteiger partial charge in [-0.3, -0.25) is 9.78 Å². The number of rotatable bonds is 4. The second-order valence-electron chi connectivity index (χ2n) is 4.29. The van der Waals surface area contributed by atoms with Gasteiger partial charge in [-0.15, -0.1) is 0 Å². The fourth-order valence-electron chi connectivity index (χ4n) is 1.80. The standard InChI is InChI=1S/C14H15FN4O2/c1-4-21-14-17-8(2)12(9(3)18-14)19-13(20)10-5-6-16-7-11(10)15/h5-7H,4H2,1-3H3,(H,19,20). The van der Waals surface area contributed by atoms with Crippen molar-refractivity contribution in [3.63, 3.8) is 0 Å². The van der Waals surface area contributed by atoms with Crippen molar-refractivity contribution in [1.29, 1.82) is 0 Å². The van der Waals surface area contributed by atoms with E-state index in [4.69, 9.17) is 4.74 Å². The lowest BCUT2D eigenvalue weighted by Gasteiger charge is -2.12. The van der Waals surface area contributed by atoms with Crippen molar-refractivity contribution in [2.24, 2.45) is 0 Å². The Morgan fingerprint density at radius 3 is 2.57 bits per heavy atom. The van der Waals surface area contributed by atoms with Crippen LogP contribution in [0, 0.1) is 19.7 Å². The van der Waals surface area contributed by atoms with Gasteiger partial charge in [-0.2, -0.15) is 9.97 Å². The van der Waals surface area contributed by atoms with Crippen LogP contribution in [0.4, 0.5) is 10.1 Å². The fraction of sp³-hybridized carbons (Fsp3) is 0.286. The Hall–Kier alpha value is -2.57. The van der Waals surface area contributed by atoms with Crippen LogP contribution in [0.1, 0.15) is 28.7 Å². The molecule has 0 bridgehead atoms. The molecule has 1 amide bonds. The number of halogens is 1. The van der Waals surface area contributed by atoms with Gasteiger partial charge in [0.05, 0.1) is 35.4 Å². The summed E-state index contributed by atoms with van der Waals surface area (Å²) in [6, 6.07) is 1.56. The van der Waals surface area contributed by atoms with E-state index in [9.17, 15) is 9.18 Å². The highest BCUT2D eigenvalue weighted by Crippen LogP contribution is 2.20. The maximum absolute atomic E-state index is 13.5. The average Bonchev–Trinajstić information content (AvgIpc) is 2.43. The van der Waals surface area contributed by atoms with Crippen LogP contribution >= 0.6 is 0 Å². The van der Waals surface area contributed by atoms with Crippen molar-refractivity contribution >= 4 is 11.6 Å². The highest BCUT2D eigenvalue weighted by atomic mass is 19.1. The topological polar surface area (TPSA) is 77.0 Å². The van der Waals surface area contributed by atoms with Gasteiger partial charge in [0.1, 0.15) is 0 Å². The first-order valence-electron chi connectivity index (χ1n) is 6.41. The minimum absolute atomic E-state index is 0.0855. The highest BCUT2D eigenvalue weighted by molar-refractivity contribution is 6.04. The van der Waals surface area contributed by atoms with Crippen LogP contribution in [0.25, 0.3) is 0 Å². The minimum Gasteiger partial charge on any atom is -0.464 e. The van der Waals surface area contributed by atoms with Crippen LogP contribution in [0.15, 0.2) is 18.5 Å². The Balaban J connectivity index is 2.28. The fourth-order valence-corrected chi connectivity index (χ4v) is 1.80. The van der Waals surface area contributed by atoms with E-state index >= 15 is 0 Å². The minimum atomic E-state index is -0.683. The van der Waals surface area contributed by atoms with Crippen molar-refractivity contribution in [3.05, 3.63) is 41.2 Å². The molecule has 0 unspecified atom stereocenters. The number of nitrogens with one attached hydrogen (secondary N) is 1. The van der Waals surface area contributed by atoms with E-state index in [0.29, 0.717) is 23.7 Å². The molecule has 2 rings (SSSR count). The third-order valence-corrected chi connectivity index (χ3v) is 2.78. The number of carbonyl (C=O) groups excluding carboxylic acids is 1. The second-order valence-corrected chi connectivity index (χ2v) is 4.29. The zero-order chi connectivity index (χ0) is 15.4. The molecule has 21 heavy (non-hydrogen) atoms. The summed E-state index contributed by atoms with van der Waals surface area (Å²) in [7, 11) is 0. The highest BCUT2D eigenvalue weighted by Gasteiger charge is 2.16. The van der Waals surface area contributed by atoms with Crippen LogP contribution in [0.5, 0.6) is 6.01 Å². The van der Waals surface area contributed by atoms with Crippen molar-refractivity contribution < 1.29 is 13.9 Å². The molecule has 0 radical (unpaired) electrons. The molecule has 2 aromatic rings. The molecule has 110 valence electrons. The summed E-state index contributed by atoms with van der Waals surface area (Å²) in [5.41, 5.74) is 1.46. The number of amides is 1. The summed E-state index contributed by atoms with van der Waals surface area (Å²) in [5.74, 6) is -1.26. The average molecular weight is 290 g/mol. The van der Waals surface area contributed by atoms with Crippen molar-refractivity contribution in [2.75, 3.05) is 11.9 Å². The molecule has 7 heteroatoms. The van der Waals surface area contributed by atoms with E-state index in [1.54, 1.807) is 13.8 Å². The normalized spacial score (nSPS) is 10.3. The van der Waals surface area contributed by atoms with Gasteiger partial charge < -0.3 is 10.1 Å². The van der Waals surface area contributed by atoms with Gasteiger partial charge >= 0.3 is 6.01 Å². The molecule has 0 aliphatic rings. The first kappa shape index (κ1) is 14.8. The number of pyridine rings is 1. The van der Waals surface area contributed by atoms with Crippen molar-refractivity contribution in [2.45, 2.75) is 20.8 Å². The first-order chi connectivity index (χ1) is 10.0. The number of nitrogens with zero attached hydrogens (tertiary/aromatic N) is 3. The van der Waals surface area contributed by atoms with Crippen molar-refractivity contribution in [3.8, 4) is 6.01 Å². The van der Waals surface area contributed by atoms with E-state index in [2.05, 4.69) is 20.3 Å². The maximum atomic E-state index is 13.5. The molecule has 0 saturated heterocycles. The van der Waals surface area contributed by atoms with Gasteiger partial charge in [-0.1, -0.05) is 0 Å². The number of carbonyl (C=O) groups is 1. The number of hydrogen-bond acceptors (Lipinski definition) is 5. The van der Waals surface area contributed by atoms with Crippen LogP contribution in [0.2, 0.25) is 0 Å². The van der Waals surface area contributed by atoms with Gasteiger partial charge in [0.15, 0.2) is 5.82 Å². The van der Waals surface area contributed by atoms with Gasteiger partial charge in [0, 0.05) is 6.20 Å². The molecule has 0 atom stereocenters. The van der Waals surface area contributed by atoms with Crippen LogP contribution in [-0.4, -0.2) is 27.5 Å². The predicted octanol–water partition coefficient (Wildman–Crippen LogP) is 2.28. The molecule has 0 aromatic carbocycles. The zero-order valence-electron chi connectivity index (χ0n) is 12.0.